The molecule has 0 aliphatic heterocycles. The Bertz CT molecular complexity index is 921. The Morgan fingerprint density at radius 1 is 1.33 bits per heavy atom. The van der Waals surface area contributed by atoms with E-state index in [-0.39, 0.29) is 30.0 Å². The van der Waals surface area contributed by atoms with E-state index >= 15 is 0 Å². The Morgan fingerprint density at radius 3 is 2.59 bits per heavy atom. The summed E-state index contributed by atoms with van der Waals surface area (Å²) in [5.41, 5.74) is 0.831. The summed E-state index contributed by atoms with van der Waals surface area (Å²) < 4.78 is 1.80. The molecule has 1 fully saturated rings. The SMILES string of the molecule is CC(C)C(C)(CC(=O)O)NC(=O)c1ccc2c(c1)[nH]c(=O)n2C1CCCC1. The van der Waals surface area contributed by atoms with Crippen molar-refractivity contribution in [3.63, 3.8) is 0 Å². The van der Waals surface area contributed by atoms with E-state index in [1.165, 1.54) is 0 Å². The first kappa shape index (κ1) is 19.2. The van der Waals surface area contributed by atoms with Gasteiger partial charge in [-0.25, -0.2) is 4.79 Å². The first-order chi connectivity index (χ1) is 12.7. The molecule has 7 nitrogen and oxygen atoms in total. The summed E-state index contributed by atoms with van der Waals surface area (Å²) in [7, 11) is 0. The number of fused-ring (bicyclic) bond motifs is 1. The second-order valence-corrected chi connectivity index (χ2v) is 8.07. The molecule has 1 aliphatic rings. The van der Waals surface area contributed by atoms with Crippen LogP contribution in [0.2, 0.25) is 0 Å². The number of carbonyl (C=O) groups excluding carboxylic acids is 1. The zero-order valence-corrected chi connectivity index (χ0v) is 16.0. The number of hydrogen-bond donors (Lipinski definition) is 3. The maximum absolute atomic E-state index is 12.7. The van der Waals surface area contributed by atoms with Gasteiger partial charge in [-0.05, 0) is 43.9 Å². The van der Waals surface area contributed by atoms with Crippen LogP contribution in [0.25, 0.3) is 11.0 Å². The molecule has 1 aliphatic carbocycles. The van der Waals surface area contributed by atoms with Gasteiger partial charge >= 0.3 is 11.7 Å². The number of aliphatic carboxylic acids is 1. The smallest absolute Gasteiger partial charge is 0.326 e. The zero-order chi connectivity index (χ0) is 19.8. The van der Waals surface area contributed by atoms with E-state index < -0.39 is 11.5 Å². The number of aromatic nitrogens is 2. The minimum Gasteiger partial charge on any atom is -0.481 e. The maximum atomic E-state index is 12.7. The molecule has 0 bridgehead atoms. The molecule has 7 heteroatoms. The lowest BCUT2D eigenvalue weighted by Gasteiger charge is -2.33. The van der Waals surface area contributed by atoms with Crippen molar-refractivity contribution in [2.75, 3.05) is 0 Å². The van der Waals surface area contributed by atoms with Crippen LogP contribution in [-0.2, 0) is 4.79 Å². The Morgan fingerprint density at radius 2 is 2.00 bits per heavy atom. The second-order valence-electron chi connectivity index (χ2n) is 8.07. The van der Waals surface area contributed by atoms with Gasteiger partial charge in [-0.15, -0.1) is 0 Å². The number of nitrogens with one attached hydrogen (secondary N) is 2. The highest BCUT2D eigenvalue weighted by atomic mass is 16.4. The van der Waals surface area contributed by atoms with Crippen molar-refractivity contribution in [3.05, 3.63) is 34.2 Å². The summed E-state index contributed by atoms with van der Waals surface area (Å²) in [4.78, 5) is 39.2. The average Bonchev–Trinajstić information content (AvgIpc) is 3.19. The molecule has 27 heavy (non-hydrogen) atoms. The van der Waals surface area contributed by atoms with Crippen molar-refractivity contribution >= 4 is 22.9 Å². The van der Waals surface area contributed by atoms with E-state index in [1.807, 2.05) is 13.8 Å². The lowest BCUT2D eigenvalue weighted by Crippen LogP contribution is -2.51. The van der Waals surface area contributed by atoms with E-state index in [2.05, 4.69) is 10.3 Å². The molecule has 0 radical (unpaired) electrons. The van der Waals surface area contributed by atoms with Gasteiger partial charge in [-0.3, -0.25) is 14.2 Å². The van der Waals surface area contributed by atoms with E-state index in [0.717, 1.165) is 31.2 Å². The fourth-order valence-electron chi connectivity index (χ4n) is 3.84. The predicted molar refractivity (Wildman–Crippen MR) is 103 cm³/mol. The number of carboxylic acid groups (broad SMARTS) is 1. The van der Waals surface area contributed by atoms with Crippen LogP contribution in [0.1, 0.15) is 69.3 Å². The molecule has 1 aromatic carbocycles. The lowest BCUT2D eigenvalue weighted by atomic mass is 9.85. The summed E-state index contributed by atoms with van der Waals surface area (Å²) in [5.74, 6) is -1.35. The second kappa shape index (κ2) is 7.21. The van der Waals surface area contributed by atoms with Gasteiger partial charge in [0.1, 0.15) is 0 Å². The first-order valence-electron chi connectivity index (χ1n) is 9.50. The number of carbonyl (C=O) groups is 2. The van der Waals surface area contributed by atoms with E-state index in [4.69, 9.17) is 5.11 Å². The maximum Gasteiger partial charge on any atom is 0.326 e. The number of imidazole rings is 1. The summed E-state index contributed by atoms with van der Waals surface area (Å²) in [5, 5.41) is 12.0. The number of carboxylic acids is 1. The summed E-state index contributed by atoms with van der Waals surface area (Å²) >= 11 is 0. The molecule has 3 N–H and O–H groups in total. The van der Waals surface area contributed by atoms with Gasteiger partial charge in [-0.2, -0.15) is 0 Å². The quantitative estimate of drug-likeness (QED) is 0.724. The van der Waals surface area contributed by atoms with Crippen LogP contribution in [0.15, 0.2) is 23.0 Å². The number of aromatic amines is 1. The Kier molecular flexibility index (Phi) is 5.13. The molecule has 1 saturated carbocycles. The Hall–Kier alpha value is -2.57. The van der Waals surface area contributed by atoms with Gasteiger partial charge in [0.05, 0.1) is 23.0 Å². The third-order valence-electron chi connectivity index (χ3n) is 5.86. The molecule has 1 heterocycles. The predicted octanol–water partition coefficient (Wildman–Crippen LogP) is 3.06. The van der Waals surface area contributed by atoms with Crippen molar-refractivity contribution in [3.8, 4) is 0 Å². The van der Waals surface area contributed by atoms with Crippen LogP contribution in [0.4, 0.5) is 0 Å². The fourth-order valence-corrected chi connectivity index (χ4v) is 3.84. The molecular formula is C20H27N3O4. The monoisotopic (exact) mass is 373 g/mol. The van der Waals surface area contributed by atoms with Crippen LogP contribution < -0.4 is 11.0 Å². The Balaban J connectivity index is 1.89. The van der Waals surface area contributed by atoms with E-state index in [0.29, 0.717) is 11.1 Å². The minimum atomic E-state index is -0.958. The molecule has 0 spiro atoms. The largest absolute Gasteiger partial charge is 0.481 e. The molecule has 1 aromatic heterocycles. The molecule has 146 valence electrons. The molecule has 3 rings (SSSR count). The number of hydrogen-bond acceptors (Lipinski definition) is 3. The van der Waals surface area contributed by atoms with Gasteiger partial charge in [0.15, 0.2) is 0 Å². The number of benzene rings is 1. The van der Waals surface area contributed by atoms with Crippen molar-refractivity contribution in [1.29, 1.82) is 0 Å². The lowest BCUT2D eigenvalue weighted by molar-refractivity contribution is -0.138. The number of H-pyrrole nitrogens is 1. The normalized spacial score (nSPS) is 17.3. The van der Waals surface area contributed by atoms with E-state index in [1.54, 1.807) is 29.7 Å². The van der Waals surface area contributed by atoms with Crippen molar-refractivity contribution in [2.45, 2.75) is 64.5 Å². The number of amides is 1. The summed E-state index contributed by atoms with van der Waals surface area (Å²) in [6, 6.07) is 5.37. The van der Waals surface area contributed by atoms with Crippen LogP contribution in [0, 0.1) is 5.92 Å². The van der Waals surface area contributed by atoms with Gasteiger partial charge in [-0.1, -0.05) is 26.7 Å². The average molecular weight is 373 g/mol. The van der Waals surface area contributed by atoms with Crippen LogP contribution in [0.3, 0.4) is 0 Å². The van der Waals surface area contributed by atoms with Crippen LogP contribution >= 0.6 is 0 Å². The van der Waals surface area contributed by atoms with Crippen LogP contribution in [0.5, 0.6) is 0 Å². The number of nitrogens with zero attached hydrogens (tertiary/aromatic N) is 1. The van der Waals surface area contributed by atoms with Crippen LogP contribution in [-0.4, -0.2) is 32.1 Å². The van der Waals surface area contributed by atoms with Crippen molar-refractivity contribution in [2.24, 2.45) is 5.92 Å². The van der Waals surface area contributed by atoms with Crippen molar-refractivity contribution in [1.82, 2.24) is 14.9 Å². The Labute approximate surface area is 157 Å². The molecule has 1 unspecified atom stereocenters. The highest BCUT2D eigenvalue weighted by Crippen LogP contribution is 2.31. The molecule has 1 atom stereocenters. The zero-order valence-electron chi connectivity index (χ0n) is 16.0. The molecule has 2 aromatic rings. The standard InChI is InChI=1S/C20H27N3O4/c1-12(2)20(3,11-17(24)25)22-18(26)13-8-9-16-15(10-13)21-19(27)23(16)14-6-4-5-7-14/h8-10,12,14H,4-7,11H2,1-3H3,(H,21,27)(H,22,26)(H,24,25). The third kappa shape index (κ3) is 3.77. The molecule has 0 saturated heterocycles. The minimum absolute atomic E-state index is 0.0514. The topological polar surface area (TPSA) is 104 Å². The summed E-state index contributed by atoms with van der Waals surface area (Å²) in [6.45, 7) is 5.50. The van der Waals surface area contributed by atoms with Gasteiger partial charge in [0.25, 0.3) is 5.91 Å². The van der Waals surface area contributed by atoms with Gasteiger partial charge in [0.2, 0.25) is 0 Å². The van der Waals surface area contributed by atoms with Gasteiger partial charge in [0, 0.05) is 11.6 Å². The highest BCUT2D eigenvalue weighted by molar-refractivity contribution is 5.98. The first-order valence-corrected chi connectivity index (χ1v) is 9.50. The van der Waals surface area contributed by atoms with Crippen molar-refractivity contribution < 1.29 is 14.7 Å². The van der Waals surface area contributed by atoms with E-state index in [9.17, 15) is 14.4 Å². The fraction of sp³-hybridized carbons (Fsp3) is 0.550. The molecular weight excluding hydrogens is 346 g/mol. The number of rotatable bonds is 6. The third-order valence-corrected chi connectivity index (χ3v) is 5.86. The highest BCUT2D eigenvalue weighted by Gasteiger charge is 2.33. The van der Waals surface area contributed by atoms with Gasteiger partial charge < -0.3 is 15.4 Å². The summed E-state index contributed by atoms with van der Waals surface area (Å²) in [6.07, 6.45) is 4.09. The molecule has 1 amide bonds.